The minimum absolute atomic E-state index is 0.163. The van der Waals surface area contributed by atoms with E-state index in [0.29, 0.717) is 6.54 Å². The molecule has 2 rings (SSSR count). The fraction of sp³-hybridized carbons (Fsp3) is 0.938. The molecule has 1 spiro atoms. The number of hydrogen-bond donors (Lipinski definition) is 2. The van der Waals surface area contributed by atoms with Gasteiger partial charge in [-0.3, -0.25) is 4.79 Å². The van der Waals surface area contributed by atoms with Crippen molar-refractivity contribution in [2.75, 3.05) is 19.8 Å². The number of ether oxygens (including phenoxy) is 1. The minimum atomic E-state index is -0.404. The van der Waals surface area contributed by atoms with Gasteiger partial charge < -0.3 is 15.2 Å². The summed E-state index contributed by atoms with van der Waals surface area (Å²) in [5.41, 5.74) is -0.0648. The zero-order chi connectivity index (χ0) is 15.0. The molecule has 2 fully saturated rings. The monoisotopic (exact) mass is 283 g/mol. The molecule has 2 aliphatic rings. The predicted molar refractivity (Wildman–Crippen MR) is 78.2 cm³/mol. The second kappa shape index (κ2) is 5.64. The third-order valence-electron chi connectivity index (χ3n) is 5.15. The molecular formula is C16H29NO3. The summed E-state index contributed by atoms with van der Waals surface area (Å²) in [6.45, 7) is 10.2. The van der Waals surface area contributed by atoms with Crippen LogP contribution in [0.5, 0.6) is 0 Å². The molecule has 2 N–H and O–H groups in total. The zero-order valence-electron chi connectivity index (χ0n) is 13.2. The number of carbonyl (C=O) groups is 1. The number of hydrogen-bond acceptors (Lipinski definition) is 3. The summed E-state index contributed by atoms with van der Waals surface area (Å²) in [5, 5.41) is 13.2. The fourth-order valence-electron chi connectivity index (χ4n) is 3.49. The van der Waals surface area contributed by atoms with Gasteiger partial charge in [-0.25, -0.2) is 0 Å². The Hall–Kier alpha value is -0.610. The average molecular weight is 283 g/mol. The SMILES string of the molecule is CC(C)C(O)C(C)(C)CNC(=O)C1CC12CCOCC2. The highest BCUT2D eigenvalue weighted by Gasteiger charge is 2.58. The first-order chi connectivity index (χ1) is 9.28. The lowest BCUT2D eigenvalue weighted by Gasteiger charge is -2.33. The normalized spacial score (nSPS) is 26.6. The Bertz CT molecular complexity index is 359. The van der Waals surface area contributed by atoms with Gasteiger partial charge in [0.25, 0.3) is 0 Å². The van der Waals surface area contributed by atoms with Crippen LogP contribution in [0.2, 0.25) is 0 Å². The largest absolute Gasteiger partial charge is 0.392 e. The van der Waals surface area contributed by atoms with Gasteiger partial charge in [0.2, 0.25) is 5.91 Å². The molecule has 4 heteroatoms. The molecule has 2 atom stereocenters. The van der Waals surface area contributed by atoms with E-state index in [1.807, 2.05) is 27.7 Å². The maximum Gasteiger partial charge on any atom is 0.223 e. The lowest BCUT2D eigenvalue weighted by Crippen LogP contribution is -2.44. The number of nitrogens with one attached hydrogen (secondary N) is 1. The standard InChI is InChI=1S/C16H29NO3/c1-11(2)13(18)15(3,4)10-17-14(19)12-9-16(12)5-7-20-8-6-16/h11-13,18H,5-10H2,1-4H3,(H,17,19). The molecular weight excluding hydrogens is 254 g/mol. The first-order valence-corrected chi connectivity index (χ1v) is 7.82. The maximum atomic E-state index is 12.3. The number of carbonyl (C=O) groups excluding carboxylic acids is 1. The Morgan fingerprint density at radius 3 is 2.55 bits per heavy atom. The van der Waals surface area contributed by atoms with Gasteiger partial charge in [0.15, 0.2) is 0 Å². The van der Waals surface area contributed by atoms with E-state index in [0.717, 1.165) is 32.5 Å². The number of rotatable bonds is 5. The van der Waals surface area contributed by atoms with Crippen LogP contribution in [0.15, 0.2) is 0 Å². The van der Waals surface area contributed by atoms with Crippen molar-refractivity contribution in [2.45, 2.75) is 53.1 Å². The molecule has 0 aromatic carbocycles. The maximum absolute atomic E-state index is 12.3. The zero-order valence-corrected chi connectivity index (χ0v) is 13.2. The van der Waals surface area contributed by atoms with Gasteiger partial charge in [-0.2, -0.15) is 0 Å². The van der Waals surface area contributed by atoms with Crippen molar-refractivity contribution in [3.63, 3.8) is 0 Å². The van der Waals surface area contributed by atoms with Crippen LogP contribution >= 0.6 is 0 Å². The second-order valence-electron chi connectivity index (χ2n) is 7.63. The smallest absolute Gasteiger partial charge is 0.223 e. The summed E-state index contributed by atoms with van der Waals surface area (Å²) in [6, 6.07) is 0. The van der Waals surface area contributed by atoms with Gasteiger partial charge >= 0.3 is 0 Å². The van der Waals surface area contributed by atoms with Crippen molar-refractivity contribution in [3.05, 3.63) is 0 Å². The lowest BCUT2D eigenvalue weighted by atomic mass is 9.80. The van der Waals surface area contributed by atoms with Crippen LogP contribution in [0.25, 0.3) is 0 Å². The van der Waals surface area contributed by atoms with Gasteiger partial charge in [-0.1, -0.05) is 27.7 Å². The Morgan fingerprint density at radius 2 is 2.00 bits per heavy atom. The van der Waals surface area contributed by atoms with E-state index in [4.69, 9.17) is 4.74 Å². The Kier molecular flexibility index (Phi) is 4.45. The molecule has 0 aromatic rings. The van der Waals surface area contributed by atoms with E-state index < -0.39 is 6.10 Å². The summed E-state index contributed by atoms with van der Waals surface area (Å²) < 4.78 is 5.38. The summed E-state index contributed by atoms with van der Waals surface area (Å²) in [7, 11) is 0. The van der Waals surface area contributed by atoms with Gasteiger partial charge in [-0.15, -0.1) is 0 Å². The third-order valence-corrected chi connectivity index (χ3v) is 5.15. The van der Waals surface area contributed by atoms with Crippen LogP contribution in [-0.2, 0) is 9.53 Å². The van der Waals surface area contributed by atoms with E-state index in [1.165, 1.54) is 0 Å². The second-order valence-corrected chi connectivity index (χ2v) is 7.63. The molecule has 4 nitrogen and oxygen atoms in total. The van der Waals surface area contributed by atoms with Gasteiger partial charge in [0, 0.05) is 31.1 Å². The number of aliphatic hydroxyl groups excluding tert-OH is 1. The van der Waals surface area contributed by atoms with Crippen molar-refractivity contribution < 1.29 is 14.6 Å². The van der Waals surface area contributed by atoms with E-state index in [2.05, 4.69) is 5.32 Å². The Labute approximate surface area is 122 Å². The van der Waals surface area contributed by atoms with Crippen LogP contribution in [-0.4, -0.2) is 36.9 Å². The highest BCUT2D eigenvalue weighted by atomic mass is 16.5. The number of amides is 1. The summed E-state index contributed by atoms with van der Waals surface area (Å²) in [6.07, 6.45) is 2.64. The number of aliphatic hydroxyl groups is 1. The average Bonchev–Trinajstić information content (AvgIpc) is 3.09. The van der Waals surface area contributed by atoms with Gasteiger partial charge in [-0.05, 0) is 30.6 Å². The summed E-state index contributed by atoms with van der Waals surface area (Å²) in [5.74, 6) is 0.527. The topological polar surface area (TPSA) is 58.6 Å². The predicted octanol–water partition coefficient (Wildman–Crippen LogP) is 1.96. The van der Waals surface area contributed by atoms with Crippen molar-refractivity contribution >= 4 is 5.91 Å². The minimum Gasteiger partial charge on any atom is -0.392 e. The van der Waals surface area contributed by atoms with Crippen LogP contribution in [0.4, 0.5) is 0 Å². The molecule has 1 heterocycles. The van der Waals surface area contributed by atoms with E-state index in [9.17, 15) is 9.90 Å². The molecule has 1 aliphatic heterocycles. The molecule has 0 aromatic heterocycles. The van der Waals surface area contributed by atoms with Crippen molar-refractivity contribution in [2.24, 2.45) is 22.7 Å². The highest BCUT2D eigenvalue weighted by molar-refractivity contribution is 5.82. The first kappa shape index (κ1) is 15.8. The van der Waals surface area contributed by atoms with E-state index in [1.54, 1.807) is 0 Å². The molecule has 1 saturated carbocycles. The Balaban J connectivity index is 1.81. The summed E-state index contributed by atoms with van der Waals surface area (Å²) in [4.78, 5) is 12.3. The fourth-order valence-corrected chi connectivity index (χ4v) is 3.49. The molecule has 1 amide bonds. The molecule has 1 saturated heterocycles. The van der Waals surface area contributed by atoms with Crippen LogP contribution < -0.4 is 5.32 Å². The molecule has 0 bridgehead atoms. The molecule has 116 valence electrons. The van der Waals surface area contributed by atoms with Crippen molar-refractivity contribution in [1.82, 2.24) is 5.32 Å². The quantitative estimate of drug-likeness (QED) is 0.811. The van der Waals surface area contributed by atoms with E-state index in [-0.39, 0.29) is 28.6 Å². The van der Waals surface area contributed by atoms with Crippen LogP contribution in [0, 0.1) is 22.7 Å². The van der Waals surface area contributed by atoms with E-state index >= 15 is 0 Å². The Morgan fingerprint density at radius 1 is 1.40 bits per heavy atom. The molecule has 0 radical (unpaired) electrons. The van der Waals surface area contributed by atoms with Crippen molar-refractivity contribution in [3.8, 4) is 0 Å². The molecule has 20 heavy (non-hydrogen) atoms. The van der Waals surface area contributed by atoms with Gasteiger partial charge in [0.05, 0.1) is 6.10 Å². The van der Waals surface area contributed by atoms with Crippen LogP contribution in [0.1, 0.15) is 47.0 Å². The molecule has 1 aliphatic carbocycles. The lowest BCUT2D eigenvalue weighted by molar-refractivity contribution is -0.124. The van der Waals surface area contributed by atoms with Gasteiger partial charge in [0.1, 0.15) is 0 Å². The third kappa shape index (κ3) is 3.17. The van der Waals surface area contributed by atoms with Crippen LogP contribution in [0.3, 0.4) is 0 Å². The highest BCUT2D eigenvalue weighted by Crippen LogP contribution is 2.59. The first-order valence-electron chi connectivity index (χ1n) is 7.82. The summed E-state index contributed by atoms with van der Waals surface area (Å²) >= 11 is 0. The van der Waals surface area contributed by atoms with Crippen molar-refractivity contribution in [1.29, 1.82) is 0 Å². The molecule has 2 unspecified atom stereocenters.